The first-order chi connectivity index (χ1) is 13.4. The molecule has 0 bridgehead atoms. The average Bonchev–Trinajstić information content (AvgIpc) is 2.66. The molecule has 0 saturated carbocycles. The largest absolute Gasteiger partial charge is 0.385 e. The van der Waals surface area contributed by atoms with Crippen molar-refractivity contribution in [3.8, 4) is 0 Å². The molecule has 1 heterocycles. The molecule has 0 spiro atoms. The highest BCUT2D eigenvalue weighted by molar-refractivity contribution is 14.0. The fourth-order valence-corrected chi connectivity index (χ4v) is 3.98. The van der Waals surface area contributed by atoms with Gasteiger partial charge in [-0.15, -0.1) is 24.0 Å². The number of piperidine rings is 1. The van der Waals surface area contributed by atoms with Crippen LogP contribution in [-0.4, -0.2) is 63.8 Å². The first-order valence-electron chi connectivity index (χ1n) is 9.99. The number of methoxy groups -OCH3 is 1. The summed E-state index contributed by atoms with van der Waals surface area (Å²) >= 11 is 6.25. The van der Waals surface area contributed by atoms with Crippen molar-refractivity contribution in [2.45, 2.75) is 44.6 Å². The Balaban J connectivity index is 0.00000420. The Morgan fingerprint density at radius 2 is 2.03 bits per heavy atom. The molecule has 2 N–H and O–H groups in total. The van der Waals surface area contributed by atoms with E-state index in [9.17, 15) is 4.39 Å². The van der Waals surface area contributed by atoms with E-state index in [0.717, 1.165) is 57.0 Å². The van der Waals surface area contributed by atoms with Gasteiger partial charge in [-0.3, -0.25) is 4.99 Å². The number of hydrogen-bond acceptors (Lipinski definition) is 3. The fourth-order valence-electron chi connectivity index (χ4n) is 3.56. The molecule has 0 amide bonds. The third-order valence-electron chi connectivity index (χ3n) is 5.33. The van der Waals surface area contributed by atoms with Crippen LogP contribution in [0.1, 0.15) is 38.7 Å². The Labute approximate surface area is 196 Å². The van der Waals surface area contributed by atoms with Gasteiger partial charge in [-0.2, -0.15) is 0 Å². The number of hydrogen-bond donors (Lipinski definition) is 2. The minimum absolute atomic E-state index is 0. The van der Waals surface area contributed by atoms with Gasteiger partial charge >= 0.3 is 0 Å². The molecule has 0 aliphatic carbocycles. The summed E-state index contributed by atoms with van der Waals surface area (Å²) in [4.78, 5) is 6.86. The maximum absolute atomic E-state index is 13.3. The number of benzene rings is 1. The topological polar surface area (TPSA) is 48.9 Å². The normalized spacial score (nSPS) is 16.4. The van der Waals surface area contributed by atoms with E-state index in [4.69, 9.17) is 16.3 Å². The van der Waals surface area contributed by atoms with Gasteiger partial charge in [0, 0.05) is 63.4 Å². The van der Waals surface area contributed by atoms with Crippen LogP contribution in [0.15, 0.2) is 23.2 Å². The van der Waals surface area contributed by atoms with Crippen molar-refractivity contribution in [1.29, 1.82) is 0 Å². The summed E-state index contributed by atoms with van der Waals surface area (Å²) < 4.78 is 18.5. The lowest BCUT2D eigenvalue weighted by Gasteiger charge is -2.34. The Morgan fingerprint density at radius 1 is 1.34 bits per heavy atom. The smallest absolute Gasteiger partial charge is 0.191 e. The molecule has 1 aromatic rings. The first-order valence-corrected chi connectivity index (χ1v) is 10.4. The molecule has 1 saturated heterocycles. The Morgan fingerprint density at radius 3 is 2.62 bits per heavy atom. The quantitative estimate of drug-likeness (QED) is 0.226. The summed E-state index contributed by atoms with van der Waals surface area (Å²) in [7, 11) is 3.53. The molecule has 0 aromatic heterocycles. The van der Waals surface area contributed by atoms with Crippen LogP contribution in [0.5, 0.6) is 0 Å². The molecule has 166 valence electrons. The van der Waals surface area contributed by atoms with Crippen molar-refractivity contribution >= 4 is 41.5 Å². The van der Waals surface area contributed by atoms with Crippen molar-refractivity contribution in [3.05, 3.63) is 34.6 Å². The van der Waals surface area contributed by atoms with E-state index < -0.39 is 0 Å². The van der Waals surface area contributed by atoms with Gasteiger partial charge in [0.1, 0.15) is 5.82 Å². The van der Waals surface area contributed by atoms with Crippen molar-refractivity contribution < 1.29 is 9.13 Å². The van der Waals surface area contributed by atoms with E-state index in [0.29, 0.717) is 17.6 Å². The molecular formula is C21H35ClFIN4O. The van der Waals surface area contributed by atoms with Crippen molar-refractivity contribution in [1.82, 2.24) is 15.5 Å². The lowest BCUT2D eigenvalue weighted by Crippen LogP contribution is -2.50. The molecule has 5 nitrogen and oxygen atoms in total. The predicted molar refractivity (Wildman–Crippen MR) is 130 cm³/mol. The van der Waals surface area contributed by atoms with Gasteiger partial charge in [0.2, 0.25) is 0 Å². The summed E-state index contributed by atoms with van der Waals surface area (Å²) in [5, 5.41) is 7.40. The predicted octanol–water partition coefficient (Wildman–Crippen LogP) is 4.04. The monoisotopic (exact) mass is 540 g/mol. The Hall–Kier alpha value is -0.640. The lowest BCUT2D eigenvalue weighted by molar-refractivity contribution is 0.155. The highest BCUT2D eigenvalue weighted by Gasteiger charge is 2.25. The highest BCUT2D eigenvalue weighted by Crippen LogP contribution is 2.29. The summed E-state index contributed by atoms with van der Waals surface area (Å²) in [6, 6.07) is 5.00. The summed E-state index contributed by atoms with van der Waals surface area (Å²) in [6.45, 7) is 8.93. The van der Waals surface area contributed by atoms with Crippen molar-refractivity contribution in [2.75, 3.05) is 46.9 Å². The Kier molecular flexibility index (Phi) is 11.8. The molecule has 0 radical (unpaired) electrons. The minimum atomic E-state index is -0.316. The van der Waals surface area contributed by atoms with Crippen LogP contribution in [0.4, 0.5) is 4.39 Å². The zero-order chi connectivity index (χ0) is 20.6. The maximum atomic E-state index is 13.3. The second-order valence-corrected chi connectivity index (χ2v) is 8.45. The number of nitrogens with one attached hydrogen (secondary N) is 2. The molecule has 1 aliphatic rings. The second kappa shape index (κ2) is 12.9. The van der Waals surface area contributed by atoms with Gasteiger partial charge < -0.3 is 20.3 Å². The van der Waals surface area contributed by atoms with Crippen molar-refractivity contribution in [3.63, 3.8) is 0 Å². The van der Waals surface area contributed by atoms with Gasteiger partial charge in [-0.1, -0.05) is 31.5 Å². The van der Waals surface area contributed by atoms with Crippen LogP contribution in [0.25, 0.3) is 0 Å². The molecular weight excluding hydrogens is 506 g/mol. The average molecular weight is 541 g/mol. The number of halogens is 3. The summed E-state index contributed by atoms with van der Waals surface area (Å²) in [5.41, 5.74) is 0.663. The van der Waals surface area contributed by atoms with Crippen LogP contribution in [0.2, 0.25) is 5.02 Å². The lowest BCUT2D eigenvalue weighted by atomic mass is 9.84. The highest BCUT2D eigenvalue weighted by atomic mass is 127. The Bertz CT molecular complexity index is 652. The van der Waals surface area contributed by atoms with E-state index in [1.807, 2.05) is 0 Å². The maximum Gasteiger partial charge on any atom is 0.191 e. The molecule has 2 rings (SSSR count). The SMILES string of the molecule is CN=C(NCC(C)(C)c1ccc(F)cc1Cl)NC1CCN(CCCOC)CC1.I. The van der Waals surface area contributed by atoms with Gasteiger partial charge in [-0.05, 0) is 37.0 Å². The molecule has 0 atom stereocenters. The van der Waals surface area contributed by atoms with Crippen LogP contribution in [0.3, 0.4) is 0 Å². The van der Waals surface area contributed by atoms with Gasteiger partial charge in [0.25, 0.3) is 0 Å². The van der Waals surface area contributed by atoms with Crippen LogP contribution in [0, 0.1) is 5.82 Å². The minimum Gasteiger partial charge on any atom is -0.385 e. The third-order valence-corrected chi connectivity index (χ3v) is 5.65. The first kappa shape index (κ1) is 26.4. The molecule has 1 fully saturated rings. The number of rotatable bonds is 8. The van der Waals surface area contributed by atoms with Gasteiger partial charge in [0.05, 0.1) is 0 Å². The second-order valence-electron chi connectivity index (χ2n) is 8.04. The van der Waals surface area contributed by atoms with E-state index in [2.05, 4.69) is 34.4 Å². The molecule has 1 aromatic carbocycles. The van der Waals surface area contributed by atoms with Crippen LogP contribution < -0.4 is 10.6 Å². The van der Waals surface area contributed by atoms with E-state index >= 15 is 0 Å². The molecule has 0 unspecified atom stereocenters. The molecule has 29 heavy (non-hydrogen) atoms. The number of ether oxygens (including phenoxy) is 1. The van der Waals surface area contributed by atoms with Crippen LogP contribution >= 0.6 is 35.6 Å². The standard InChI is InChI=1S/C21H34ClFN4O.HI/c1-21(2,18-7-6-16(23)14-19(18)22)15-25-20(24-3)26-17-8-11-27(12-9-17)10-5-13-28-4;/h6-7,14,17H,5,8-13,15H2,1-4H3,(H2,24,25,26);1H. The van der Waals surface area contributed by atoms with Gasteiger partial charge in [0.15, 0.2) is 5.96 Å². The van der Waals surface area contributed by atoms with E-state index in [-0.39, 0.29) is 35.2 Å². The van der Waals surface area contributed by atoms with E-state index in [1.54, 1.807) is 20.2 Å². The zero-order valence-corrected chi connectivity index (χ0v) is 21.0. The van der Waals surface area contributed by atoms with Gasteiger partial charge in [-0.25, -0.2) is 4.39 Å². The molecule has 8 heteroatoms. The van der Waals surface area contributed by atoms with E-state index in [1.165, 1.54) is 12.1 Å². The number of likely N-dealkylation sites (tertiary alicyclic amines) is 1. The molecule has 1 aliphatic heterocycles. The fraction of sp³-hybridized carbons (Fsp3) is 0.667. The van der Waals surface area contributed by atoms with Crippen molar-refractivity contribution in [2.24, 2.45) is 4.99 Å². The zero-order valence-electron chi connectivity index (χ0n) is 17.9. The number of aliphatic imine (C=N–C) groups is 1. The number of nitrogens with zero attached hydrogens (tertiary/aromatic N) is 2. The third kappa shape index (κ3) is 8.55. The number of guanidine groups is 1. The summed E-state index contributed by atoms with van der Waals surface area (Å²) in [5.74, 6) is 0.479. The van der Waals surface area contributed by atoms with Crippen LogP contribution in [-0.2, 0) is 10.2 Å². The summed E-state index contributed by atoms with van der Waals surface area (Å²) in [6.07, 6.45) is 3.28.